The second-order valence-electron chi connectivity index (χ2n) is 5.39. The number of hydrogen-bond donors (Lipinski definition) is 0. The lowest BCUT2D eigenvalue weighted by Gasteiger charge is -2.32. The number of Topliss-reactive ketones (excluding diaryl/α,β-unsaturated/α-hetero) is 1. The molecule has 1 saturated carbocycles. The van der Waals surface area contributed by atoms with Crippen molar-refractivity contribution in [3.63, 3.8) is 0 Å². The summed E-state index contributed by atoms with van der Waals surface area (Å²) in [7, 11) is 0. The van der Waals surface area contributed by atoms with Crippen molar-refractivity contribution in [2.24, 2.45) is 11.8 Å². The molecule has 1 fully saturated rings. The molecule has 0 aliphatic heterocycles. The minimum Gasteiger partial charge on any atom is -0.294 e. The summed E-state index contributed by atoms with van der Waals surface area (Å²) in [5.74, 6) is 1.63. The second kappa shape index (κ2) is 5.16. The van der Waals surface area contributed by atoms with E-state index in [2.05, 4.69) is 13.8 Å². The molecule has 2 aliphatic carbocycles. The molecule has 0 radical (unpaired) electrons. The molecule has 0 aromatic rings. The lowest BCUT2D eigenvalue weighted by atomic mass is 9.70. The molecule has 2 aliphatic rings. The molecule has 0 saturated heterocycles. The molecule has 0 bridgehead atoms. The van der Waals surface area contributed by atoms with Gasteiger partial charge in [0.2, 0.25) is 0 Å². The summed E-state index contributed by atoms with van der Waals surface area (Å²) < 4.78 is 0. The summed E-state index contributed by atoms with van der Waals surface area (Å²) in [4.78, 5) is 12.1. The number of rotatable bonds is 7. The van der Waals surface area contributed by atoms with E-state index in [4.69, 9.17) is 0 Å². The second-order valence-corrected chi connectivity index (χ2v) is 5.39. The third-order valence-corrected chi connectivity index (χ3v) is 4.02. The maximum Gasteiger partial charge on any atom is 0.166 e. The fraction of sp³-hybridized carbons (Fsp3) is 0.800. The molecule has 1 unspecified atom stereocenters. The Labute approximate surface area is 99.3 Å². The van der Waals surface area contributed by atoms with Gasteiger partial charge in [0.1, 0.15) is 0 Å². The Hall–Kier alpha value is -0.590. The molecule has 0 heterocycles. The molecule has 1 atom stereocenters. The number of carbonyl (C=O) groups excluding carboxylic acids is 1. The first-order valence-electron chi connectivity index (χ1n) is 7.05. The zero-order valence-electron chi connectivity index (χ0n) is 10.7. The maximum absolute atomic E-state index is 12.1. The summed E-state index contributed by atoms with van der Waals surface area (Å²) in [5.41, 5.74) is 2.79. The first-order chi connectivity index (χ1) is 7.79. The zero-order valence-corrected chi connectivity index (χ0v) is 10.7. The third kappa shape index (κ3) is 2.23. The van der Waals surface area contributed by atoms with Gasteiger partial charge in [-0.3, -0.25) is 4.79 Å². The Morgan fingerprint density at radius 2 is 1.69 bits per heavy atom. The highest BCUT2D eigenvalue weighted by molar-refractivity contribution is 6.07. The largest absolute Gasteiger partial charge is 0.294 e. The van der Waals surface area contributed by atoms with Crippen molar-refractivity contribution in [3.8, 4) is 0 Å². The Kier molecular flexibility index (Phi) is 3.83. The van der Waals surface area contributed by atoms with Crippen LogP contribution < -0.4 is 0 Å². The van der Waals surface area contributed by atoms with Gasteiger partial charge in [-0.15, -0.1) is 0 Å². The van der Waals surface area contributed by atoms with Crippen molar-refractivity contribution in [2.75, 3.05) is 0 Å². The molecule has 1 nitrogen and oxygen atoms in total. The Morgan fingerprint density at radius 3 is 2.25 bits per heavy atom. The van der Waals surface area contributed by atoms with Crippen molar-refractivity contribution in [1.82, 2.24) is 0 Å². The molecule has 90 valence electrons. The summed E-state index contributed by atoms with van der Waals surface area (Å²) >= 11 is 0. The van der Waals surface area contributed by atoms with Crippen molar-refractivity contribution < 1.29 is 4.79 Å². The maximum atomic E-state index is 12.1. The van der Waals surface area contributed by atoms with E-state index in [0.717, 1.165) is 12.3 Å². The topological polar surface area (TPSA) is 17.1 Å². The van der Waals surface area contributed by atoms with Crippen LogP contribution in [0.15, 0.2) is 11.1 Å². The van der Waals surface area contributed by atoms with Crippen LogP contribution in [-0.4, -0.2) is 5.78 Å². The standard InChI is InChI=1S/C15H24O/c1-3-5-7-12-13(8-6-4-2)15(16)14(12)11-9-10-11/h11,14H,3-10H2,1-2H3. The van der Waals surface area contributed by atoms with Gasteiger partial charge in [-0.25, -0.2) is 0 Å². The van der Waals surface area contributed by atoms with Gasteiger partial charge in [-0.05, 0) is 50.0 Å². The Balaban J connectivity index is 2.01. The molecule has 0 aromatic heterocycles. The van der Waals surface area contributed by atoms with Gasteiger partial charge in [0.05, 0.1) is 0 Å². The highest BCUT2D eigenvalue weighted by atomic mass is 16.1. The average Bonchev–Trinajstić information content (AvgIpc) is 3.08. The van der Waals surface area contributed by atoms with Crippen molar-refractivity contribution >= 4 is 5.78 Å². The Bertz CT molecular complexity index is 297. The molecule has 0 amide bonds. The number of hydrogen-bond acceptors (Lipinski definition) is 1. The highest BCUT2D eigenvalue weighted by Gasteiger charge is 2.46. The number of allylic oxidation sites excluding steroid dienone is 2. The lowest BCUT2D eigenvalue weighted by molar-refractivity contribution is -0.121. The van der Waals surface area contributed by atoms with E-state index >= 15 is 0 Å². The summed E-state index contributed by atoms with van der Waals surface area (Å²) in [6, 6.07) is 0. The van der Waals surface area contributed by atoms with E-state index in [0.29, 0.717) is 11.7 Å². The van der Waals surface area contributed by atoms with Gasteiger partial charge < -0.3 is 0 Å². The van der Waals surface area contributed by atoms with E-state index in [-0.39, 0.29) is 0 Å². The first-order valence-corrected chi connectivity index (χ1v) is 7.05. The molecule has 16 heavy (non-hydrogen) atoms. The fourth-order valence-corrected chi connectivity index (χ4v) is 2.85. The fourth-order valence-electron chi connectivity index (χ4n) is 2.85. The van der Waals surface area contributed by atoms with Crippen LogP contribution in [0.3, 0.4) is 0 Å². The molecule has 2 rings (SSSR count). The number of carbonyl (C=O) groups is 1. The van der Waals surface area contributed by atoms with Crippen LogP contribution in [0, 0.1) is 11.8 Å². The summed E-state index contributed by atoms with van der Waals surface area (Å²) in [6.45, 7) is 4.44. The van der Waals surface area contributed by atoms with Gasteiger partial charge in [-0.1, -0.05) is 32.3 Å². The highest BCUT2D eigenvalue weighted by Crippen LogP contribution is 2.50. The molecule has 0 spiro atoms. The third-order valence-electron chi connectivity index (χ3n) is 4.02. The van der Waals surface area contributed by atoms with E-state index in [9.17, 15) is 4.79 Å². The van der Waals surface area contributed by atoms with Crippen LogP contribution in [-0.2, 0) is 4.79 Å². The van der Waals surface area contributed by atoms with Crippen LogP contribution in [0.4, 0.5) is 0 Å². The Morgan fingerprint density at radius 1 is 1.06 bits per heavy atom. The quantitative estimate of drug-likeness (QED) is 0.626. The van der Waals surface area contributed by atoms with Gasteiger partial charge in [0, 0.05) is 5.92 Å². The number of unbranched alkanes of at least 4 members (excludes halogenated alkanes) is 2. The predicted octanol–water partition coefficient (Wildman–Crippen LogP) is 4.27. The average molecular weight is 220 g/mol. The van der Waals surface area contributed by atoms with E-state index in [1.807, 2.05) is 0 Å². The van der Waals surface area contributed by atoms with E-state index in [1.165, 1.54) is 50.5 Å². The van der Waals surface area contributed by atoms with Crippen LogP contribution in [0.2, 0.25) is 0 Å². The van der Waals surface area contributed by atoms with Crippen LogP contribution >= 0.6 is 0 Å². The summed E-state index contributed by atoms with van der Waals surface area (Å²) in [5, 5.41) is 0. The van der Waals surface area contributed by atoms with Crippen LogP contribution in [0.25, 0.3) is 0 Å². The molecule has 0 N–H and O–H groups in total. The zero-order chi connectivity index (χ0) is 11.5. The van der Waals surface area contributed by atoms with Crippen LogP contribution in [0.5, 0.6) is 0 Å². The monoisotopic (exact) mass is 220 g/mol. The van der Waals surface area contributed by atoms with Crippen molar-refractivity contribution in [1.29, 1.82) is 0 Å². The van der Waals surface area contributed by atoms with Gasteiger partial charge in [0.15, 0.2) is 5.78 Å². The van der Waals surface area contributed by atoms with Gasteiger partial charge in [-0.2, -0.15) is 0 Å². The van der Waals surface area contributed by atoms with Crippen LogP contribution in [0.1, 0.15) is 65.2 Å². The minimum atomic E-state index is 0.374. The molecule has 0 aromatic carbocycles. The molecule has 1 heteroatoms. The van der Waals surface area contributed by atoms with E-state index in [1.54, 1.807) is 5.57 Å². The van der Waals surface area contributed by atoms with Gasteiger partial charge >= 0.3 is 0 Å². The van der Waals surface area contributed by atoms with Gasteiger partial charge in [0.25, 0.3) is 0 Å². The molecular formula is C15H24O. The molecular weight excluding hydrogens is 196 g/mol. The first kappa shape index (κ1) is 11.9. The normalized spacial score (nSPS) is 24.9. The predicted molar refractivity (Wildman–Crippen MR) is 67.3 cm³/mol. The number of ketones is 1. The van der Waals surface area contributed by atoms with Crippen molar-refractivity contribution in [2.45, 2.75) is 65.2 Å². The smallest absolute Gasteiger partial charge is 0.166 e. The SMILES string of the molecule is CCCCC1=C(CCCC)C(C2CC2)C1=O. The van der Waals surface area contributed by atoms with Crippen molar-refractivity contribution in [3.05, 3.63) is 11.1 Å². The van der Waals surface area contributed by atoms with E-state index < -0.39 is 0 Å². The minimum absolute atomic E-state index is 0.374. The summed E-state index contributed by atoms with van der Waals surface area (Å²) in [6.07, 6.45) is 9.75. The lowest BCUT2D eigenvalue weighted by Crippen LogP contribution is -2.33.